The van der Waals surface area contributed by atoms with Gasteiger partial charge in [0.25, 0.3) is 0 Å². The Morgan fingerprint density at radius 1 is 1.17 bits per heavy atom. The highest BCUT2D eigenvalue weighted by Gasteiger charge is 2.56. The van der Waals surface area contributed by atoms with Crippen LogP contribution in [0.5, 0.6) is 0 Å². The summed E-state index contributed by atoms with van der Waals surface area (Å²) in [5, 5.41) is 11.0. The van der Waals surface area contributed by atoms with Gasteiger partial charge in [-0.2, -0.15) is 0 Å². The van der Waals surface area contributed by atoms with Crippen LogP contribution in [0.1, 0.15) is 70.3 Å². The second-order valence-electron chi connectivity index (χ2n) is 10.2. The first kappa shape index (κ1) is 21.4. The first-order valence-electron chi connectivity index (χ1n) is 11.9. The maximum absolute atomic E-state index is 11.0. The van der Waals surface area contributed by atoms with Gasteiger partial charge in [0.15, 0.2) is 0 Å². The summed E-state index contributed by atoms with van der Waals surface area (Å²) in [5.41, 5.74) is 7.53. The SMILES string of the molecule is C=C/C=C1/CCC2C(=C1CCC)C(c1ccc(N(C)C)cc1)CC1(C)C(O)CCC21. The molecule has 0 bridgehead atoms. The molecule has 0 spiro atoms. The zero-order chi connectivity index (χ0) is 21.5. The van der Waals surface area contributed by atoms with Crippen LogP contribution < -0.4 is 4.90 Å². The number of anilines is 1. The molecule has 1 N–H and O–H groups in total. The number of aliphatic hydroxyl groups excluding tert-OH is 1. The van der Waals surface area contributed by atoms with E-state index in [9.17, 15) is 5.11 Å². The first-order chi connectivity index (χ1) is 14.4. The van der Waals surface area contributed by atoms with Gasteiger partial charge in [-0.3, -0.25) is 0 Å². The number of allylic oxidation sites excluding steroid dienone is 5. The molecule has 3 aliphatic carbocycles. The quantitative estimate of drug-likeness (QED) is 0.594. The van der Waals surface area contributed by atoms with Crippen LogP contribution in [0.25, 0.3) is 0 Å². The van der Waals surface area contributed by atoms with E-state index in [1.807, 2.05) is 6.08 Å². The van der Waals surface area contributed by atoms with Crippen LogP contribution >= 0.6 is 0 Å². The minimum atomic E-state index is -0.160. The van der Waals surface area contributed by atoms with Crippen molar-refractivity contribution in [3.8, 4) is 0 Å². The zero-order valence-electron chi connectivity index (χ0n) is 19.3. The summed E-state index contributed by atoms with van der Waals surface area (Å²) in [4.78, 5) is 2.17. The molecular formula is C28H39NO. The number of nitrogens with zero attached hydrogens (tertiary/aromatic N) is 1. The largest absolute Gasteiger partial charge is 0.393 e. The lowest BCUT2D eigenvalue weighted by atomic mass is 9.53. The molecule has 2 heteroatoms. The van der Waals surface area contributed by atoms with Crippen LogP contribution in [0.3, 0.4) is 0 Å². The summed E-state index contributed by atoms with van der Waals surface area (Å²) in [6.45, 7) is 8.67. The van der Waals surface area contributed by atoms with Crippen molar-refractivity contribution >= 4 is 5.69 Å². The van der Waals surface area contributed by atoms with Crippen molar-refractivity contribution in [1.29, 1.82) is 0 Å². The number of rotatable bonds is 5. The molecule has 0 amide bonds. The summed E-state index contributed by atoms with van der Waals surface area (Å²) in [6.07, 6.45) is 12.0. The van der Waals surface area contributed by atoms with E-state index in [-0.39, 0.29) is 11.5 Å². The molecule has 1 aromatic rings. The number of hydrogen-bond acceptors (Lipinski definition) is 2. The Kier molecular flexibility index (Phi) is 5.99. The van der Waals surface area contributed by atoms with Crippen LogP contribution in [0, 0.1) is 17.3 Å². The van der Waals surface area contributed by atoms with Crippen molar-refractivity contribution in [2.75, 3.05) is 19.0 Å². The molecule has 4 rings (SSSR count). The van der Waals surface area contributed by atoms with Gasteiger partial charge in [0, 0.05) is 25.7 Å². The third-order valence-corrected chi connectivity index (χ3v) is 8.36. The normalized spacial score (nSPS) is 34.6. The predicted octanol–water partition coefficient (Wildman–Crippen LogP) is 6.64. The Bertz CT molecular complexity index is 846. The fraction of sp³-hybridized carbons (Fsp3) is 0.571. The van der Waals surface area contributed by atoms with Crippen LogP contribution in [-0.2, 0) is 0 Å². The van der Waals surface area contributed by atoms with E-state index in [4.69, 9.17) is 0 Å². The Labute approximate surface area is 183 Å². The lowest BCUT2D eigenvalue weighted by Gasteiger charge is -2.51. The van der Waals surface area contributed by atoms with E-state index in [2.05, 4.69) is 69.8 Å². The second-order valence-corrected chi connectivity index (χ2v) is 10.2. The number of fused-ring (bicyclic) bond motifs is 3. The van der Waals surface area contributed by atoms with E-state index >= 15 is 0 Å². The highest BCUT2D eigenvalue weighted by molar-refractivity contribution is 5.51. The Morgan fingerprint density at radius 3 is 2.53 bits per heavy atom. The van der Waals surface area contributed by atoms with Crippen molar-refractivity contribution in [3.63, 3.8) is 0 Å². The topological polar surface area (TPSA) is 23.5 Å². The molecule has 5 atom stereocenters. The molecule has 30 heavy (non-hydrogen) atoms. The molecule has 2 nitrogen and oxygen atoms in total. The molecule has 0 heterocycles. The molecule has 2 saturated carbocycles. The van der Waals surface area contributed by atoms with E-state index in [1.54, 1.807) is 11.1 Å². The minimum Gasteiger partial charge on any atom is -0.393 e. The molecule has 162 valence electrons. The maximum Gasteiger partial charge on any atom is 0.0597 e. The van der Waals surface area contributed by atoms with Gasteiger partial charge in [0.2, 0.25) is 0 Å². The average Bonchev–Trinajstić information content (AvgIpc) is 3.04. The van der Waals surface area contributed by atoms with E-state index < -0.39 is 0 Å². The summed E-state index contributed by atoms with van der Waals surface area (Å²) >= 11 is 0. The summed E-state index contributed by atoms with van der Waals surface area (Å²) < 4.78 is 0. The van der Waals surface area contributed by atoms with Crippen LogP contribution in [0.15, 0.2) is 59.7 Å². The molecule has 5 unspecified atom stereocenters. The molecule has 0 radical (unpaired) electrons. The van der Waals surface area contributed by atoms with Gasteiger partial charge < -0.3 is 10.0 Å². The molecule has 0 aliphatic heterocycles. The molecule has 2 fully saturated rings. The lowest BCUT2D eigenvalue weighted by molar-refractivity contribution is -0.00293. The minimum absolute atomic E-state index is 0.0377. The van der Waals surface area contributed by atoms with Gasteiger partial charge in [-0.25, -0.2) is 0 Å². The van der Waals surface area contributed by atoms with Crippen molar-refractivity contribution in [2.45, 2.75) is 70.8 Å². The fourth-order valence-corrected chi connectivity index (χ4v) is 6.84. The van der Waals surface area contributed by atoms with Gasteiger partial charge >= 0.3 is 0 Å². The van der Waals surface area contributed by atoms with E-state index in [0.29, 0.717) is 17.8 Å². The standard InChI is InChI=1S/C28H39NO/c1-6-8-19-12-15-23-25-16-17-26(30)28(25,3)18-24(27(23)22(19)9-7-2)20-10-13-21(14-11-20)29(4)5/h6,8,10-11,13-14,23-26,30H,1,7,9,12,15-18H2,2-5H3/b19-8-. The zero-order valence-corrected chi connectivity index (χ0v) is 19.3. The summed E-state index contributed by atoms with van der Waals surface area (Å²) in [6, 6.07) is 9.19. The average molecular weight is 406 g/mol. The Morgan fingerprint density at radius 2 is 1.90 bits per heavy atom. The van der Waals surface area contributed by atoms with Gasteiger partial charge in [0.1, 0.15) is 0 Å². The monoisotopic (exact) mass is 405 g/mol. The Hall–Kier alpha value is -1.80. The smallest absolute Gasteiger partial charge is 0.0597 e. The van der Waals surface area contributed by atoms with Crippen LogP contribution in [0.4, 0.5) is 5.69 Å². The van der Waals surface area contributed by atoms with Crippen molar-refractivity contribution in [1.82, 2.24) is 0 Å². The summed E-state index contributed by atoms with van der Waals surface area (Å²) in [7, 11) is 4.20. The second kappa shape index (κ2) is 8.38. The number of benzene rings is 1. The molecule has 0 aromatic heterocycles. The van der Waals surface area contributed by atoms with Gasteiger partial charge in [-0.15, -0.1) is 0 Å². The van der Waals surface area contributed by atoms with Crippen LogP contribution in [0.2, 0.25) is 0 Å². The van der Waals surface area contributed by atoms with Gasteiger partial charge in [0.05, 0.1) is 6.10 Å². The van der Waals surface area contributed by atoms with Gasteiger partial charge in [-0.05, 0) is 84.6 Å². The summed E-state index contributed by atoms with van der Waals surface area (Å²) in [5.74, 6) is 1.65. The fourth-order valence-electron chi connectivity index (χ4n) is 6.84. The Balaban J connectivity index is 1.87. The van der Waals surface area contributed by atoms with Crippen molar-refractivity contribution in [2.24, 2.45) is 17.3 Å². The highest BCUT2D eigenvalue weighted by Crippen LogP contribution is 2.63. The first-order valence-corrected chi connectivity index (χ1v) is 11.9. The number of hydrogen-bond donors (Lipinski definition) is 1. The highest BCUT2D eigenvalue weighted by atomic mass is 16.3. The predicted molar refractivity (Wildman–Crippen MR) is 128 cm³/mol. The third-order valence-electron chi connectivity index (χ3n) is 8.36. The lowest BCUT2D eigenvalue weighted by Crippen LogP contribution is -2.44. The molecule has 1 aromatic carbocycles. The third kappa shape index (κ3) is 3.47. The van der Waals surface area contributed by atoms with Crippen molar-refractivity contribution < 1.29 is 5.11 Å². The number of aliphatic hydroxyl groups is 1. The van der Waals surface area contributed by atoms with Crippen LogP contribution in [-0.4, -0.2) is 25.3 Å². The molecule has 3 aliphatic rings. The van der Waals surface area contributed by atoms with E-state index in [0.717, 1.165) is 25.7 Å². The molecule has 0 saturated heterocycles. The maximum atomic E-state index is 11.0. The van der Waals surface area contributed by atoms with Gasteiger partial charge in [-0.1, -0.05) is 56.7 Å². The van der Waals surface area contributed by atoms with Crippen molar-refractivity contribution in [3.05, 3.63) is 65.3 Å². The van der Waals surface area contributed by atoms with E-state index in [1.165, 1.54) is 36.1 Å². The molecular weight excluding hydrogens is 366 g/mol.